The highest BCUT2D eigenvalue weighted by molar-refractivity contribution is 7.09. The molecule has 0 amide bonds. The summed E-state index contributed by atoms with van der Waals surface area (Å²) in [5, 5.41) is 5.28. The Morgan fingerprint density at radius 3 is 2.89 bits per heavy atom. The van der Waals surface area contributed by atoms with Crippen LogP contribution in [-0.4, -0.2) is 13.7 Å². The van der Waals surface area contributed by atoms with Crippen LogP contribution in [0.5, 0.6) is 5.75 Å². The van der Waals surface area contributed by atoms with Crippen molar-refractivity contribution in [2.45, 2.75) is 19.9 Å². The van der Waals surface area contributed by atoms with Gasteiger partial charge >= 0.3 is 0 Å². The Hall–Kier alpha value is -1.32. The first-order valence-electron chi connectivity index (χ1n) is 6.19. The van der Waals surface area contributed by atoms with E-state index in [0.717, 1.165) is 25.3 Å². The van der Waals surface area contributed by atoms with Crippen LogP contribution in [-0.2, 0) is 13.0 Å². The molecule has 96 valence electrons. The first-order chi connectivity index (χ1) is 8.79. The Morgan fingerprint density at radius 1 is 1.28 bits per heavy atom. The summed E-state index contributed by atoms with van der Waals surface area (Å²) in [5.74, 6) is 0.992. The number of hydrogen-bond acceptors (Lipinski definition) is 3. The summed E-state index contributed by atoms with van der Waals surface area (Å²) >= 11 is 1.78. The molecule has 1 aromatic carbocycles. The van der Waals surface area contributed by atoms with E-state index in [1.54, 1.807) is 11.3 Å². The zero-order chi connectivity index (χ0) is 12.8. The molecule has 1 heterocycles. The zero-order valence-corrected chi connectivity index (χ0v) is 11.7. The Morgan fingerprint density at radius 2 is 2.17 bits per heavy atom. The number of ether oxygens (including phenoxy) is 1. The minimum Gasteiger partial charge on any atom is -0.493 e. The second-order valence-corrected chi connectivity index (χ2v) is 5.35. The lowest BCUT2D eigenvalue weighted by atomic mass is 10.1. The molecule has 0 aliphatic rings. The van der Waals surface area contributed by atoms with Crippen molar-refractivity contribution in [2.75, 3.05) is 13.7 Å². The van der Waals surface area contributed by atoms with Crippen molar-refractivity contribution >= 4 is 11.3 Å². The van der Waals surface area contributed by atoms with Crippen molar-refractivity contribution in [3.05, 3.63) is 51.7 Å². The molecule has 0 saturated carbocycles. The van der Waals surface area contributed by atoms with Crippen LogP contribution in [0.15, 0.2) is 35.7 Å². The van der Waals surface area contributed by atoms with Crippen molar-refractivity contribution < 1.29 is 4.74 Å². The molecule has 2 nitrogen and oxygen atoms in total. The van der Waals surface area contributed by atoms with Crippen LogP contribution >= 0.6 is 11.3 Å². The molecule has 0 aliphatic heterocycles. The first-order valence-corrected chi connectivity index (χ1v) is 7.07. The molecular weight excluding hydrogens is 242 g/mol. The largest absolute Gasteiger partial charge is 0.493 e. The molecule has 18 heavy (non-hydrogen) atoms. The van der Waals surface area contributed by atoms with Crippen molar-refractivity contribution in [3.8, 4) is 5.75 Å². The average Bonchev–Trinajstić information content (AvgIpc) is 2.85. The highest BCUT2D eigenvalue weighted by atomic mass is 32.1. The minimum atomic E-state index is 0.736. The summed E-state index contributed by atoms with van der Waals surface area (Å²) in [5.41, 5.74) is 2.49. The fraction of sp³-hybridized carbons (Fsp3) is 0.333. The van der Waals surface area contributed by atoms with Crippen molar-refractivity contribution in [3.63, 3.8) is 0 Å². The first kappa shape index (κ1) is 13.1. The average molecular weight is 261 g/mol. The van der Waals surface area contributed by atoms with Crippen LogP contribution in [0.25, 0.3) is 0 Å². The van der Waals surface area contributed by atoms with E-state index in [4.69, 9.17) is 4.74 Å². The summed E-state index contributed by atoms with van der Waals surface area (Å²) in [6.45, 7) is 3.69. The lowest BCUT2D eigenvalue weighted by Gasteiger charge is -2.11. The quantitative estimate of drug-likeness (QED) is 0.860. The van der Waals surface area contributed by atoms with E-state index >= 15 is 0 Å². The predicted molar refractivity (Wildman–Crippen MR) is 77.5 cm³/mol. The third-order valence-electron chi connectivity index (χ3n) is 2.77. The summed E-state index contributed by atoms with van der Waals surface area (Å²) in [6, 6.07) is 10.6. The standard InChI is InChI=1S/C15H19NOS/c1-12-5-6-15(13(10-12)11-16-2)17-8-7-14-4-3-9-18-14/h3-6,9-10,16H,7-8,11H2,1-2H3. The number of rotatable bonds is 6. The van der Waals surface area contributed by atoms with Gasteiger partial charge in [-0.15, -0.1) is 11.3 Å². The van der Waals surface area contributed by atoms with Crippen LogP contribution in [0.2, 0.25) is 0 Å². The zero-order valence-electron chi connectivity index (χ0n) is 10.9. The Balaban J connectivity index is 1.95. The van der Waals surface area contributed by atoms with Gasteiger partial charge in [-0.1, -0.05) is 23.8 Å². The van der Waals surface area contributed by atoms with Gasteiger partial charge in [0.1, 0.15) is 5.75 Å². The van der Waals surface area contributed by atoms with Gasteiger partial charge in [-0.2, -0.15) is 0 Å². The summed E-state index contributed by atoms with van der Waals surface area (Å²) in [4.78, 5) is 1.37. The molecule has 0 bridgehead atoms. The Kier molecular flexibility index (Phi) is 4.79. The molecule has 0 saturated heterocycles. The number of nitrogens with one attached hydrogen (secondary N) is 1. The lowest BCUT2D eigenvalue weighted by Crippen LogP contribution is -2.09. The van der Waals surface area contributed by atoms with Gasteiger partial charge in [0.2, 0.25) is 0 Å². The van der Waals surface area contributed by atoms with Crippen LogP contribution < -0.4 is 10.1 Å². The summed E-state index contributed by atoms with van der Waals surface area (Å²) in [7, 11) is 1.96. The van der Waals surface area contributed by atoms with Gasteiger partial charge < -0.3 is 10.1 Å². The van der Waals surface area contributed by atoms with E-state index in [1.165, 1.54) is 16.0 Å². The normalized spacial score (nSPS) is 10.6. The van der Waals surface area contributed by atoms with Crippen LogP contribution in [0.1, 0.15) is 16.0 Å². The van der Waals surface area contributed by atoms with Crippen LogP contribution in [0.3, 0.4) is 0 Å². The highest BCUT2D eigenvalue weighted by Crippen LogP contribution is 2.20. The van der Waals surface area contributed by atoms with Gasteiger partial charge in [0, 0.05) is 23.4 Å². The number of thiophene rings is 1. The SMILES string of the molecule is CNCc1cc(C)ccc1OCCc1cccs1. The molecular formula is C15H19NOS. The minimum absolute atomic E-state index is 0.736. The van der Waals surface area contributed by atoms with E-state index in [-0.39, 0.29) is 0 Å². The summed E-state index contributed by atoms with van der Waals surface area (Å²) < 4.78 is 5.88. The van der Waals surface area contributed by atoms with Gasteiger partial charge in [-0.05, 0) is 31.5 Å². The fourth-order valence-electron chi connectivity index (χ4n) is 1.89. The second kappa shape index (κ2) is 6.57. The maximum absolute atomic E-state index is 5.88. The van der Waals surface area contributed by atoms with E-state index in [1.807, 2.05) is 7.05 Å². The predicted octanol–water partition coefficient (Wildman–Crippen LogP) is 3.40. The number of hydrogen-bond donors (Lipinski definition) is 1. The van der Waals surface area contributed by atoms with Gasteiger partial charge in [-0.3, -0.25) is 0 Å². The van der Waals surface area contributed by atoms with Gasteiger partial charge in [0.05, 0.1) is 6.61 Å². The van der Waals surface area contributed by atoms with Crippen molar-refractivity contribution in [2.24, 2.45) is 0 Å². The molecule has 1 aromatic heterocycles. The van der Waals surface area contributed by atoms with E-state index < -0.39 is 0 Å². The van der Waals surface area contributed by atoms with Crippen molar-refractivity contribution in [1.82, 2.24) is 5.32 Å². The van der Waals surface area contributed by atoms with E-state index in [2.05, 4.69) is 48.0 Å². The molecule has 0 aliphatic carbocycles. The van der Waals surface area contributed by atoms with Crippen LogP contribution in [0, 0.1) is 6.92 Å². The Labute approximate surface area is 113 Å². The topological polar surface area (TPSA) is 21.3 Å². The van der Waals surface area contributed by atoms with Gasteiger partial charge in [0.25, 0.3) is 0 Å². The molecule has 0 unspecified atom stereocenters. The monoisotopic (exact) mass is 261 g/mol. The molecule has 1 N–H and O–H groups in total. The summed E-state index contributed by atoms with van der Waals surface area (Å²) in [6.07, 6.45) is 0.977. The Bertz CT molecular complexity index is 479. The molecule has 0 atom stereocenters. The number of benzene rings is 1. The second-order valence-electron chi connectivity index (χ2n) is 4.32. The van der Waals surface area contributed by atoms with E-state index in [0.29, 0.717) is 0 Å². The van der Waals surface area contributed by atoms with E-state index in [9.17, 15) is 0 Å². The maximum atomic E-state index is 5.88. The molecule has 3 heteroatoms. The highest BCUT2D eigenvalue weighted by Gasteiger charge is 2.03. The lowest BCUT2D eigenvalue weighted by molar-refractivity contribution is 0.319. The molecule has 0 radical (unpaired) electrons. The third-order valence-corrected chi connectivity index (χ3v) is 3.71. The maximum Gasteiger partial charge on any atom is 0.123 e. The van der Waals surface area contributed by atoms with Gasteiger partial charge in [-0.25, -0.2) is 0 Å². The molecule has 2 aromatic rings. The van der Waals surface area contributed by atoms with Crippen LogP contribution in [0.4, 0.5) is 0 Å². The third kappa shape index (κ3) is 3.59. The smallest absolute Gasteiger partial charge is 0.123 e. The molecule has 2 rings (SSSR count). The van der Waals surface area contributed by atoms with Crippen molar-refractivity contribution in [1.29, 1.82) is 0 Å². The molecule has 0 fully saturated rings. The number of aryl methyl sites for hydroxylation is 1. The fourth-order valence-corrected chi connectivity index (χ4v) is 2.58. The van der Waals surface area contributed by atoms with Gasteiger partial charge in [0.15, 0.2) is 0 Å². The molecule has 0 spiro atoms.